The molecule has 1 fully saturated rings. The molecule has 1 atom stereocenters. The van der Waals surface area contributed by atoms with Gasteiger partial charge in [0.15, 0.2) is 0 Å². The van der Waals surface area contributed by atoms with Crippen molar-refractivity contribution in [2.24, 2.45) is 0 Å². The van der Waals surface area contributed by atoms with Gasteiger partial charge in [0.25, 0.3) is 0 Å². The van der Waals surface area contributed by atoms with Crippen LogP contribution in [-0.2, 0) is 11.2 Å². The molecule has 0 N–H and O–H groups in total. The maximum atomic E-state index is 5.89. The van der Waals surface area contributed by atoms with Crippen LogP contribution in [0.1, 0.15) is 17.2 Å². The predicted molar refractivity (Wildman–Crippen MR) is 79.5 cm³/mol. The molecule has 1 aromatic heterocycles. The average Bonchev–Trinajstić information content (AvgIpc) is 2.55. The lowest BCUT2D eigenvalue weighted by Gasteiger charge is -2.33. The van der Waals surface area contributed by atoms with Crippen molar-refractivity contribution in [3.05, 3.63) is 66.0 Å². The highest BCUT2D eigenvalue weighted by molar-refractivity contribution is 5.18. The van der Waals surface area contributed by atoms with Crippen LogP contribution in [0.2, 0.25) is 0 Å². The number of aromatic nitrogens is 1. The number of pyridine rings is 1. The smallest absolute Gasteiger partial charge is 0.0952 e. The second kappa shape index (κ2) is 6.64. The average molecular weight is 268 g/mol. The highest BCUT2D eigenvalue weighted by Gasteiger charge is 2.21. The molecular formula is C17H20N2O. The first kappa shape index (κ1) is 13.3. The SMILES string of the molecule is c1ccc([C@H]2CN(CCc3ccncc3)CCO2)cc1. The molecule has 104 valence electrons. The lowest BCUT2D eigenvalue weighted by Crippen LogP contribution is -2.39. The second-order valence-electron chi connectivity index (χ2n) is 5.18. The zero-order valence-electron chi connectivity index (χ0n) is 11.6. The summed E-state index contributed by atoms with van der Waals surface area (Å²) in [4.78, 5) is 6.55. The van der Waals surface area contributed by atoms with Crippen molar-refractivity contribution in [2.45, 2.75) is 12.5 Å². The normalized spacial score (nSPS) is 19.9. The van der Waals surface area contributed by atoms with E-state index >= 15 is 0 Å². The van der Waals surface area contributed by atoms with E-state index in [1.54, 1.807) is 0 Å². The number of nitrogens with zero attached hydrogens (tertiary/aromatic N) is 2. The number of benzene rings is 1. The Morgan fingerprint density at radius 3 is 2.70 bits per heavy atom. The summed E-state index contributed by atoms with van der Waals surface area (Å²) in [6.07, 6.45) is 5.01. The zero-order chi connectivity index (χ0) is 13.6. The van der Waals surface area contributed by atoms with Crippen molar-refractivity contribution in [3.63, 3.8) is 0 Å². The predicted octanol–water partition coefficient (Wildman–Crippen LogP) is 2.70. The molecule has 3 nitrogen and oxygen atoms in total. The number of ether oxygens (including phenoxy) is 1. The van der Waals surface area contributed by atoms with Crippen LogP contribution in [0.3, 0.4) is 0 Å². The van der Waals surface area contributed by atoms with Gasteiger partial charge in [-0.05, 0) is 29.7 Å². The van der Waals surface area contributed by atoms with Gasteiger partial charge in [0.05, 0.1) is 12.7 Å². The van der Waals surface area contributed by atoms with Crippen molar-refractivity contribution < 1.29 is 4.74 Å². The van der Waals surface area contributed by atoms with E-state index in [0.29, 0.717) is 0 Å². The quantitative estimate of drug-likeness (QED) is 0.852. The molecule has 1 aliphatic heterocycles. The third kappa shape index (κ3) is 3.44. The Hall–Kier alpha value is -1.71. The van der Waals surface area contributed by atoms with E-state index in [-0.39, 0.29) is 6.10 Å². The van der Waals surface area contributed by atoms with E-state index < -0.39 is 0 Å². The highest BCUT2D eigenvalue weighted by atomic mass is 16.5. The molecule has 0 unspecified atom stereocenters. The fourth-order valence-electron chi connectivity index (χ4n) is 2.61. The largest absolute Gasteiger partial charge is 0.371 e. The molecule has 2 heterocycles. The molecule has 0 aliphatic carbocycles. The van der Waals surface area contributed by atoms with Gasteiger partial charge in [-0.25, -0.2) is 0 Å². The van der Waals surface area contributed by atoms with E-state index in [0.717, 1.165) is 32.7 Å². The molecule has 3 heteroatoms. The van der Waals surface area contributed by atoms with Gasteiger partial charge < -0.3 is 4.74 Å². The summed E-state index contributed by atoms with van der Waals surface area (Å²) in [6, 6.07) is 14.7. The summed E-state index contributed by atoms with van der Waals surface area (Å²) in [7, 11) is 0. The van der Waals surface area contributed by atoms with E-state index in [1.807, 2.05) is 18.5 Å². The fraction of sp³-hybridized carbons (Fsp3) is 0.353. The Morgan fingerprint density at radius 2 is 1.90 bits per heavy atom. The number of rotatable bonds is 4. The van der Waals surface area contributed by atoms with Crippen LogP contribution < -0.4 is 0 Å². The van der Waals surface area contributed by atoms with Crippen molar-refractivity contribution in [2.75, 3.05) is 26.2 Å². The van der Waals surface area contributed by atoms with Gasteiger partial charge in [0, 0.05) is 32.0 Å². The number of hydrogen-bond donors (Lipinski definition) is 0. The van der Waals surface area contributed by atoms with Crippen LogP contribution in [0.25, 0.3) is 0 Å². The van der Waals surface area contributed by atoms with E-state index in [9.17, 15) is 0 Å². The summed E-state index contributed by atoms with van der Waals surface area (Å²) in [5.74, 6) is 0. The first-order valence-electron chi connectivity index (χ1n) is 7.19. The van der Waals surface area contributed by atoms with Crippen LogP contribution in [0.5, 0.6) is 0 Å². The minimum atomic E-state index is 0.211. The maximum Gasteiger partial charge on any atom is 0.0952 e. The summed E-state index contributed by atoms with van der Waals surface area (Å²) in [5.41, 5.74) is 2.63. The second-order valence-corrected chi connectivity index (χ2v) is 5.18. The fourth-order valence-corrected chi connectivity index (χ4v) is 2.61. The summed E-state index contributed by atoms with van der Waals surface area (Å²) < 4.78 is 5.89. The van der Waals surface area contributed by atoms with Crippen molar-refractivity contribution in [3.8, 4) is 0 Å². The van der Waals surface area contributed by atoms with Crippen molar-refractivity contribution in [1.29, 1.82) is 0 Å². The number of hydrogen-bond acceptors (Lipinski definition) is 3. The third-order valence-electron chi connectivity index (χ3n) is 3.79. The maximum absolute atomic E-state index is 5.89. The lowest BCUT2D eigenvalue weighted by atomic mass is 10.1. The highest BCUT2D eigenvalue weighted by Crippen LogP contribution is 2.21. The molecule has 0 amide bonds. The molecule has 0 radical (unpaired) electrons. The number of morpholine rings is 1. The van der Waals surface area contributed by atoms with Gasteiger partial charge in [0.2, 0.25) is 0 Å². The van der Waals surface area contributed by atoms with E-state index in [1.165, 1.54) is 11.1 Å². The van der Waals surface area contributed by atoms with Crippen LogP contribution in [-0.4, -0.2) is 36.1 Å². The monoisotopic (exact) mass is 268 g/mol. The Bertz CT molecular complexity index is 515. The van der Waals surface area contributed by atoms with Gasteiger partial charge in [-0.1, -0.05) is 30.3 Å². The van der Waals surface area contributed by atoms with Crippen LogP contribution in [0.15, 0.2) is 54.9 Å². The van der Waals surface area contributed by atoms with Crippen LogP contribution in [0, 0.1) is 0 Å². The van der Waals surface area contributed by atoms with Crippen LogP contribution >= 0.6 is 0 Å². The summed E-state index contributed by atoms with van der Waals surface area (Å²) in [6.45, 7) is 3.90. The topological polar surface area (TPSA) is 25.4 Å². The molecule has 0 bridgehead atoms. The summed E-state index contributed by atoms with van der Waals surface area (Å²) >= 11 is 0. The zero-order valence-corrected chi connectivity index (χ0v) is 11.6. The Kier molecular flexibility index (Phi) is 4.41. The van der Waals surface area contributed by atoms with Crippen molar-refractivity contribution in [1.82, 2.24) is 9.88 Å². The van der Waals surface area contributed by atoms with Crippen molar-refractivity contribution >= 4 is 0 Å². The molecule has 0 spiro atoms. The molecule has 3 rings (SSSR count). The van der Waals surface area contributed by atoms with Gasteiger partial charge in [-0.15, -0.1) is 0 Å². The first-order chi connectivity index (χ1) is 9.92. The standard InChI is InChI=1S/C17H20N2O/c1-2-4-16(5-3-1)17-14-19(12-13-20-17)11-8-15-6-9-18-10-7-15/h1-7,9-10,17H,8,11-14H2/t17-/m1/s1. The Morgan fingerprint density at radius 1 is 1.10 bits per heavy atom. The lowest BCUT2D eigenvalue weighted by molar-refractivity contribution is -0.0295. The molecule has 0 saturated carbocycles. The van der Waals surface area contributed by atoms with E-state index in [2.05, 4.69) is 46.3 Å². The molecule has 20 heavy (non-hydrogen) atoms. The first-order valence-corrected chi connectivity index (χ1v) is 7.19. The molecule has 2 aromatic rings. The van der Waals surface area contributed by atoms with Gasteiger partial charge in [0.1, 0.15) is 0 Å². The van der Waals surface area contributed by atoms with Crippen LogP contribution in [0.4, 0.5) is 0 Å². The van der Waals surface area contributed by atoms with Gasteiger partial charge in [-0.3, -0.25) is 9.88 Å². The van der Waals surface area contributed by atoms with Gasteiger partial charge in [-0.2, -0.15) is 0 Å². The molecule has 1 aliphatic rings. The molecule has 1 saturated heterocycles. The molecule has 1 aromatic carbocycles. The Labute approximate surface area is 120 Å². The van der Waals surface area contributed by atoms with E-state index in [4.69, 9.17) is 4.74 Å². The molecular weight excluding hydrogens is 248 g/mol. The minimum Gasteiger partial charge on any atom is -0.371 e. The minimum absolute atomic E-state index is 0.211. The third-order valence-corrected chi connectivity index (χ3v) is 3.79. The van der Waals surface area contributed by atoms with Gasteiger partial charge >= 0.3 is 0 Å². The Balaban J connectivity index is 1.56. The summed E-state index contributed by atoms with van der Waals surface area (Å²) in [5, 5.41) is 0.